The molecule has 0 radical (unpaired) electrons. The van der Waals surface area contributed by atoms with Crippen molar-refractivity contribution in [3.8, 4) is 0 Å². The van der Waals surface area contributed by atoms with Crippen LogP contribution in [0.15, 0.2) is 47.4 Å². The lowest BCUT2D eigenvalue weighted by atomic mass is 10.1. The molecule has 0 aromatic heterocycles. The normalized spacial score (nSPS) is 11.1. The van der Waals surface area contributed by atoms with E-state index in [1.165, 1.54) is 6.07 Å². The average molecular weight is 304 g/mol. The van der Waals surface area contributed by atoms with Gasteiger partial charge >= 0.3 is 0 Å². The van der Waals surface area contributed by atoms with Gasteiger partial charge in [0, 0.05) is 17.5 Å². The van der Waals surface area contributed by atoms with Crippen LogP contribution in [0.25, 0.3) is 0 Å². The molecule has 0 bridgehead atoms. The number of carbonyl (C=O) groups is 1. The van der Waals surface area contributed by atoms with Gasteiger partial charge in [-0.25, -0.2) is 8.42 Å². The summed E-state index contributed by atoms with van der Waals surface area (Å²) >= 11 is 0. The highest BCUT2D eigenvalue weighted by molar-refractivity contribution is 7.90. The molecule has 0 fully saturated rings. The van der Waals surface area contributed by atoms with Gasteiger partial charge in [-0.2, -0.15) is 0 Å². The SMILES string of the molecule is Cc1cc(N)ccc1C(=O)Nc1ccccc1S(C)(=O)=O. The number of carbonyl (C=O) groups excluding carboxylic acids is 1. The Labute approximate surface area is 123 Å². The number of sulfone groups is 1. The Morgan fingerprint density at radius 3 is 2.43 bits per heavy atom. The number of nitrogens with two attached hydrogens (primary N) is 1. The molecule has 2 aromatic rings. The number of aryl methyl sites for hydroxylation is 1. The van der Waals surface area contributed by atoms with Crippen LogP contribution in [0.5, 0.6) is 0 Å². The van der Waals surface area contributed by atoms with Crippen molar-refractivity contribution >= 4 is 27.1 Å². The zero-order valence-electron chi connectivity index (χ0n) is 11.8. The molecular weight excluding hydrogens is 288 g/mol. The molecule has 0 unspecified atom stereocenters. The Kier molecular flexibility index (Phi) is 3.99. The standard InChI is InChI=1S/C15H16N2O3S/c1-10-9-11(16)7-8-12(10)15(18)17-13-5-3-4-6-14(13)21(2,19)20/h3-9H,16H2,1-2H3,(H,17,18). The van der Waals surface area contributed by atoms with Crippen LogP contribution in [0.2, 0.25) is 0 Å². The Morgan fingerprint density at radius 2 is 1.81 bits per heavy atom. The third-order valence-corrected chi connectivity index (χ3v) is 4.18. The van der Waals surface area contributed by atoms with Crippen molar-refractivity contribution in [2.24, 2.45) is 0 Å². The molecular formula is C15H16N2O3S. The smallest absolute Gasteiger partial charge is 0.255 e. The van der Waals surface area contributed by atoms with Gasteiger partial charge in [-0.3, -0.25) is 4.79 Å². The first-order chi connectivity index (χ1) is 9.79. The Balaban J connectivity index is 2.37. The van der Waals surface area contributed by atoms with Crippen molar-refractivity contribution in [3.05, 3.63) is 53.6 Å². The number of amides is 1. The highest BCUT2D eigenvalue weighted by Gasteiger charge is 2.16. The van der Waals surface area contributed by atoms with Crippen LogP contribution in [0.3, 0.4) is 0 Å². The monoisotopic (exact) mass is 304 g/mol. The van der Waals surface area contributed by atoms with E-state index in [0.717, 1.165) is 11.8 Å². The third-order valence-electron chi connectivity index (χ3n) is 3.03. The fourth-order valence-corrected chi connectivity index (χ4v) is 2.87. The van der Waals surface area contributed by atoms with Crippen LogP contribution >= 0.6 is 0 Å². The Morgan fingerprint density at radius 1 is 1.14 bits per heavy atom. The van der Waals surface area contributed by atoms with Gasteiger partial charge in [0.1, 0.15) is 0 Å². The first kappa shape index (κ1) is 15.1. The van der Waals surface area contributed by atoms with E-state index in [2.05, 4.69) is 5.32 Å². The molecule has 0 heterocycles. The lowest BCUT2D eigenvalue weighted by molar-refractivity contribution is 0.102. The van der Waals surface area contributed by atoms with Crippen molar-refractivity contribution < 1.29 is 13.2 Å². The topological polar surface area (TPSA) is 89.3 Å². The van der Waals surface area contributed by atoms with Gasteiger partial charge in [0.15, 0.2) is 9.84 Å². The number of para-hydroxylation sites is 1. The molecule has 110 valence electrons. The minimum Gasteiger partial charge on any atom is -0.399 e. The maximum Gasteiger partial charge on any atom is 0.255 e. The summed E-state index contributed by atoms with van der Waals surface area (Å²) in [4.78, 5) is 12.4. The number of nitrogens with one attached hydrogen (secondary N) is 1. The molecule has 0 aliphatic carbocycles. The number of rotatable bonds is 3. The van der Waals surface area contributed by atoms with Crippen LogP contribution < -0.4 is 11.1 Å². The van der Waals surface area contributed by atoms with Crippen molar-refractivity contribution in [1.82, 2.24) is 0 Å². The molecule has 2 aromatic carbocycles. The summed E-state index contributed by atoms with van der Waals surface area (Å²) in [5.74, 6) is -0.372. The molecule has 2 rings (SSSR count). The number of nitrogen functional groups attached to an aromatic ring is 1. The summed E-state index contributed by atoms with van der Waals surface area (Å²) in [5.41, 5.74) is 7.66. The van der Waals surface area contributed by atoms with E-state index in [1.807, 2.05) is 0 Å². The molecule has 21 heavy (non-hydrogen) atoms. The molecule has 0 spiro atoms. The number of hydrogen-bond donors (Lipinski definition) is 2. The number of benzene rings is 2. The average Bonchev–Trinajstić information content (AvgIpc) is 2.37. The van der Waals surface area contributed by atoms with E-state index >= 15 is 0 Å². The second kappa shape index (κ2) is 5.57. The number of hydrogen-bond acceptors (Lipinski definition) is 4. The zero-order valence-corrected chi connectivity index (χ0v) is 12.6. The summed E-state index contributed by atoms with van der Waals surface area (Å²) in [6, 6.07) is 11.2. The lowest BCUT2D eigenvalue weighted by Gasteiger charge is -2.11. The zero-order chi connectivity index (χ0) is 15.6. The summed E-state index contributed by atoms with van der Waals surface area (Å²) in [7, 11) is -3.41. The van der Waals surface area contributed by atoms with Gasteiger partial charge in [-0.15, -0.1) is 0 Å². The van der Waals surface area contributed by atoms with Crippen molar-refractivity contribution in [1.29, 1.82) is 0 Å². The molecule has 5 nitrogen and oxygen atoms in total. The van der Waals surface area contributed by atoms with E-state index in [9.17, 15) is 13.2 Å². The van der Waals surface area contributed by atoms with Crippen molar-refractivity contribution in [2.75, 3.05) is 17.3 Å². The molecule has 0 saturated carbocycles. The first-order valence-corrected chi connectivity index (χ1v) is 8.15. The highest BCUT2D eigenvalue weighted by atomic mass is 32.2. The molecule has 1 amide bonds. The van der Waals surface area contributed by atoms with Gasteiger partial charge in [0.05, 0.1) is 10.6 Å². The molecule has 6 heteroatoms. The second-order valence-corrected chi connectivity index (χ2v) is 6.78. The maximum atomic E-state index is 12.3. The van der Waals surface area contributed by atoms with Crippen LogP contribution in [-0.4, -0.2) is 20.6 Å². The second-order valence-electron chi connectivity index (χ2n) is 4.80. The minimum atomic E-state index is -3.41. The fraction of sp³-hybridized carbons (Fsp3) is 0.133. The summed E-state index contributed by atoms with van der Waals surface area (Å²) in [6.45, 7) is 1.77. The van der Waals surface area contributed by atoms with Crippen LogP contribution in [0.1, 0.15) is 15.9 Å². The van der Waals surface area contributed by atoms with Gasteiger partial charge in [-0.1, -0.05) is 12.1 Å². The Bertz CT molecular complexity index is 798. The van der Waals surface area contributed by atoms with E-state index in [1.54, 1.807) is 43.3 Å². The largest absolute Gasteiger partial charge is 0.399 e. The molecule has 0 aliphatic heterocycles. The molecule has 3 N–H and O–H groups in total. The van der Waals surface area contributed by atoms with Gasteiger partial charge < -0.3 is 11.1 Å². The summed E-state index contributed by atoms with van der Waals surface area (Å²) < 4.78 is 23.4. The minimum absolute atomic E-state index is 0.0893. The fourth-order valence-electron chi connectivity index (χ4n) is 2.02. The molecule has 0 saturated heterocycles. The number of anilines is 2. The van der Waals surface area contributed by atoms with E-state index in [4.69, 9.17) is 5.73 Å². The van der Waals surface area contributed by atoms with Crippen LogP contribution in [0, 0.1) is 6.92 Å². The van der Waals surface area contributed by atoms with Gasteiger partial charge in [-0.05, 0) is 42.8 Å². The molecule has 0 atom stereocenters. The third kappa shape index (κ3) is 3.41. The highest BCUT2D eigenvalue weighted by Crippen LogP contribution is 2.22. The van der Waals surface area contributed by atoms with E-state index in [0.29, 0.717) is 11.3 Å². The predicted molar refractivity (Wildman–Crippen MR) is 83.1 cm³/mol. The summed E-state index contributed by atoms with van der Waals surface area (Å²) in [6.07, 6.45) is 1.10. The van der Waals surface area contributed by atoms with Crippen LogP contribution in [0.4, 0.5) is 11.4 Å². The van der Waals surface area contributed by atoms with Crippen molar-refractivity contribution in [3.63, 3.8) is 0 Å². The van der Waals surface area contributed by atoms with Crippen LogP contribution in [-0.2, 0) is 9.84 Å². The summed E-state index contributed by atoms with van der Waals surface area (Å²) in [5, 5.41) is 2.63. The quantitative estimate of drug-likeness (QED) is 0.851. The lowest BCUT2D eigenvalue weighted by Crippen LogP contribution is -2.15. The van der Waals surface area contributed by atoms with Gasteiger partial charge in [0.2, 0.25) is 0 Å². The maximum absolute atomic E-state index is 12.3. The van der Waals surface area contributed by atoms with E-state index in [-0.39, 0.29) is 16.5 Å². The van der Waals surface area contributed by atoms with Gasteiger partial charge in [0.25, 0.3) is 5.91 Å². The first-order valence-electron chi connectivity index (χ1n) is 6.25. The Hall–Kier alpha value is -2.34. The van der Waals surface area contributed by atoms with E-state index < -0.39 is 9.84 Å². The molecule has 0 aliphatic rings. The predicted octanol–water partition coefficient (Wildman–Crippen LogP) is 2.23. The van der Waals surface area contributed by atoms with Crippen molar-refractivity contribution in [2.45, 2.75) is 11.8 Å².